The van der Waals surface area contributed by atoms with Crippen LogP contribution in [0.1, 0.15) is 19.3 Å². The highest BCUT2D eigenvalue weighted by Crippen LogP contribution is 2.10. The van der Waals surface area contributed by atoms with Crippen molar-refractivity contribution in [2.24, 2.45) is 7.05 Å². The lowest BCUT2D eigenvalue weighted by Crippen LogP contribution is -2.43. The van der Waals surface area contributed by atoms with Crippen molar-refractivity contribution in [3.8, 4) is 0 Å². The largest absolute Gasteiger partial charge is 0.354 e. The summed E-state index contributed by atoms with van der Waals surface area (Å²) in [5, 5.41) is 2.75. The first-order valence-electron chi connectivity index (χ1n) is 8.72. The van der Waals surface area contributed by atoms with Gasteiger partial charge in [0.05, 0.1) is 11.0 Å². The number of aromatic nitrogens is 2. The Morgan fingerprint density at radius 3 is 2.54 bits per heavy atom. The van der Waals surface area contributed by atoms with Gasteiger partial charge in [-0.1, -0.05) is 12.1 Å². The molecule has 2 heterocycles. The van der Waals surface area contributed by atoms with E-state index in [1.165, 1.54) is 16.2 Å². The Kier molecular flexibility index (Phi) is 5.20. The second-order valence-electron chi connectivity index (χ2n) is 6.43. The fourth-order valence-corrected chi connectivity index (χ4v) is 3.25. The average Bonchev–Trinajstić information content (AvgIpc) is 3.05. The normalized spacial score (nSPS) is 14.2. The third kappa shape index (κ3) is 3.54. The lowest BCUT2D eigenvalue weighted by atomic mass is 10.3. The fourth-order valence-electron chi connectivity index (χ4n) is 3.25. The molecule has 1 aliphatic heterocycles. The monoisotopic (exact) mass is 358 g/mol. The number of carbonyl (C=O) groups excluding carboxylic acids is 2. The van der Waals surface area contributed by atoms with E-state index >= 15 is 0 Å². The first kappa shape index (κ1) is 17.9. The van der Waals surface area contributed by atoms with Crippen molar-refractivity contribution >= 4 is 22.8 Å². The number of rotatable bonds is 6. The summed E-state index contributed by atoms with van der Waals surface area (Å²) >= 11 is 0. The number of likely N-dealkylation sites (tertiary alicyclic amines) is 1. The highest BCUT2D eigenvalue weighted by molar-refractivity contribution is 5.80. The van der Waals surface area contributed by atoms with Crippen molar-refractivity contribution in [2.75, 3.05) is 19.6 Å². The molecular formula is C18H22N4O4. The van der Waals surface area contributed by atoms with Gasteiger partial charge in [0.1, 0.15) is 6.54 Å². The van der Waals surface area contributed by atoms with E-state index in [0.29, 0.717) is 37.0 Å². The molecular weight excluding hydrogens is 336 g/mol. The zero-order chi connectivity index (χ0) is 18.7. The van der Waals surface area contributed by atoms with E-state index in [2.05, 4.69) is 5.32 Å². The first-order chi connectivity index (χ1) is 12.5. The van der Waals surface area contributed by atoms with Crippen LogP contribution in [0, 0.1) is 0 Å². The molecule has 3 rings (SSSR count). The lowest BCUT2D eigenvalue weighted by Gasteiger charge is -2.15. The maximum absolute atomic E-state index is 12.3. The number of nitrogens with zero attached hydrogens (tertiary/aromatic N) is 3. The van der Waals surface area contributed by atoms with Crippen molar-refractivity contribution < 1.29 is 9.59 Å². The van der Waals surface area contributed by atoms with Gasteiger partial charge >= 0.3 is 11.1 Å². The van der Waals surface area contributed by atoms with E-state index in [1.54, 1.807) is 29.2 Å². The summed E-state index contributed by atoms with van der Waals surface area (Å²) < 4.78 is 2.50. The molecule has 2 amide bonds. The second kappa shape index (κ2) is 7.55. The average molecular weight is 358 g/mol. The second-order valence-corrected chi connectivity index (χ2v) is 6.43. The van der Waals surface area contributed by atoms with Gasteiger partial charge in [-0.3, -0.25) is 23.7 Å². The molecule has 1 aromatic carbocycles. The van der Waals surface area contributed by atoms with Gasteiger partial charge in [0, 0.05) is 33.1 Å². The molecule has 0 spiro atoms. The van der Waals surface area contributed by atoms with Crippen LogP contribution in [0.4, 0.5) is 0 Å². The van der Waals surface area contributed by atoms with Crippen molar-refractivity contribution in [1.82, 2.24) is 19.4 Å². The van der Waals surface area contributed by atoms with Crippen molar-refractivity contribution in [2.45, 2.75) is 25.8 Å². The van der Waals surface area contributed by atoms with Gasteiger partial charge in [0.25, 0.3) is 0 Å². The zero-order valence-corrected chi connectivity index (χ0v) is 14.7. The number of para-hydroxylation sites is 2. The third-order valence-electron chi connectivity index (χ3n) is 4.67. The number of aryl methyl sites for hydroxylation is 1. The number of benzene rings is 1. The summed E-state index contributed by atoms with van der Waals surface area (Å²) in [5.41, 5.74) is -0.247. The van der Waals surface area contributed by atoms with Crippen molar-refractivity contribution in [3.63, 3.8) is 0 Å². The molecule has 1 aromatic heterocycles. The number of fused-ring (bicyclic) bond motifs is 1. The molecule has 8 heteroatoms. The highest BCUT2D eigenvalue weighted by atomic mass is 16.2. The SMILES string of the molecule is Cn1c(=O)c(=O)n(CC(=O)NCCCN2CCCC2=O)c2ccccc21. The van der Waals surface area contributed by atoms with Crippen LogP contribution in [0.2, 0.25) is 0 Å². The summed E-state index contributed by atoms with van der Waals surface area (Å²) in [4.78, 5) is 49.9. The van der Waals surface area contributed by atoms with Gasteiger partial charge in [-0.2, -0.15) is 0 Å². The van der Waals surface area contributed by atoms with Crippen LogP contribution in [0.15, 0.2) is 33.9 Å². The van der Waals surface area contributed by atoms with Crippen LogP contribution < -0.4 is 16.4 Å². The van der Waals surface area contributed by atoms with Crippen LogP contribution >= 0.6 is 0 Å². The zero-order valence-electron chi connectivity index (χ0n) is 14.7. The Labute approximate surface area is 150 Å². The number of amides is 2. The Balaban J connectivity index is 1.65. The van der Waals surface area contributed by atoms with Crippen molar-refractivity contribution in [1.29, 1.82) is 0 Å². The molecule has 0 aliphatic carbocycles. The van der Waals surface area contributed by atoms with E-state index in [4.69, 9.17) is 0 Å². The smallest absolute Gasteiger partial charge is 0.317 e. The molecule has 2 aromatic rings. The number of hydrogen-bond acceptors (Lipinski definition) is 4. The first-order valence-corrected chi connectivity index (χ1v) is 8.72. The van der Waals surface area contributed by atoms with E-state index in [0.717, 1.165) is 13.0 Å². The topological polar surface area (TPSA) is 93.4 Å². The summed E-state index contributed by atoms with van der Waals surface area (Å²) in [6.45, 7) is 1.60. The summed E-state index contributed by atoms with van der Waals surface area (Å²) in [6.07, 6.45) is 2.15. The minimum atomic E-state index is -0.719. The molecule has 1 fully saturated rings. The van der Waals surface area contributed by atoms with E-state index < -0.39 is 11.1 Å². The molecule has 0 radical (unpaired) electrons. The Morgan fingerprint density at radius 2 is 1.85 bits per heavy atom. The maximum atomic E-state index is 12.3. The lowest BCUT2D eigenvalue weighted by molar-refractivity contribution is -0.127. The predicted octanol–water partition coefficient (Wildman–Crippen LogP) is -0.171. The van der Waals surface area contributed by atoms with Crippen molar-refractivity contribution in [3.05, 3.63) is 45.0 Å². The summed E-state index contributed by atoms with van der Waals surface area (Å²) in [6, 6.07) is 6.98. The van der Waals surface area contributed by atoms with E-state index in [1.807, 2.05) is 0 Å². The molecule has 8 nitrogen and oxygen atoms in total. The molecule has 1 saturated heterocycles. The minimum absolute atomic E-state index is 0.162. The molecule has 26 heavy (non-hydrogen) atoms. The molecule has 0 bridgehead atoms. The van der Waals surface area contributed by atoms with Gasteiger partial charge in [0.2, 0.25) is 11.8 Å². The van der Waals surface area contributed by atoms with Crippen LogP contribution in [0.3, 0.4) is 0 Å². The minimum Gasteiger partial charge on any atom is -0.354 e. The Hall–Kier alpha value is -2.90. The predicted molar refractivity (Wildman–Crippen MR) is 96.9 cm³/mol. The van der Waals surface area contributed by atoms with Gasteiger partial charge in [0.15, 0.2) is 0 Å². The van der Waals surface area contributed by atoms with Gasteiger partial charge in [-0.25, -0.2) is 0 Å². The van der Waals surface area contributed by atoms with Crippen LogP contribution in [0.5, 0.6) is 0 Å². The Bertz CT molecular complexity index is 960. The van der Waals surface area contributed by atoms with E-state index in [9.17, 15) is 19.2 Å². The Morgan fingerprint density at radius 1 is 1.12 bits per heavy atom. The molecule has 0 atom stereocenters. The van der Waals surface area contributed by atoms with Gasteiger partial charge in [-0.15, -0.1) is 0 Å². The molecule has 0 saturated carbocycles. The molecule has 0 unspecified atom stereocenters. The summed E-state index contributed by atoms with van der Waals surface area (Å²) in [5.74, 6) is -0.173. The number of hydrogen-bond donors (Lipinski definition) is 1. The van der Waals surface area contributed by atoms with Crippen LogP contribution in [-0.4, -0.2) is 45.5 Å². The quantitative estimate of drug-likeness (QED) is 0.573. The highest BCUT2D eigenvalue weighted by Gasteiger charge is 2.19. The fraction of sp³-hybridized carbons (Fsp3) is 0.444. The molecule has 138 valence electrons. The third-order valence-corrected chi connectivity index (χ3v) is 4.67. The molecule has 1 aliphatic rings. The number of nitrogens with one attached hydrogen (secondary N) is 1. The molecule has 1 N–H and O–H groups in total. The van der Waals surface area contributed by atoms with Gasteiger partial charge in [-0.05, 0) is 25.0 Å². The van der Waals surface area contributed by atoms with E-state index in [-0.39, 0.29) is 18.4 Å². The maximum Gasteiger partial charge on any atom is 0.317 e. The van der Waals surface area contributed by atoms with Crippen LogP contribution in [-0.2, 0) is 23.2 Å². The van der Waals surface area contributed by atoms with Gasteiger partial charge < -0.3 is 14.8 Å². The standard InChI is InChI=1S/C18H22N4O4/c1-20-13-6-2-3-7-14(13)22(18(26)17(20)25)12-15(23)19-9-5-11-21-10-4-8-16(21)24/h2-3,6-7H,4-5,8-12H2,1H3,(H,19,23). The van der Waals surface area contributed by atoms with Crippen LogP contribution in [0.25, 0.3) is 11.0 Å². The number of carbonyl (C=O) groups is 2. The summed E-state index contributed by atoms with van der Waals surface area (Å²) in [7, 11) is 1.54.